The maximum atomic E-state index is 6.68. The molecule has 0 bridgehead atoms. The Bertz CT molecular complexity index is 1370. The number of benzene rings is 3. The molecule has 6 nitrogen and oxygen atoms in total. The Morgan fingerprint density at radius 3 is 2.30 bits per heavy atom. The van der Waals surface area contributed by atoms with Gasteiger partial charge < -0.3 is 14.8 Å². The Morgan fingerprint density at radius 2 is 1.61 bits per heavy atom. The van der Waals surface area contributed by atoms with E-state index in [0.29, 0.717) is 5.95 Å². The van der Waals surface area contributed by atoms with Crippen LogP contribution < -0.4 is 14.8 Å². The first-order chi connectivity index (χ1) is 16.1. The van der Waals surface area contributed by atoms with Gasteiger partial charge in [0.2, 0.25) is 5.95 Å². The summed E-state index contributed by atoms with van der Waals surface area (Å²) in [5.41, 5.74) is 7.70. The Labute approximate surface area is 192 Å². The quantitative estimate of drug-likeness (QED) is 0.462. The molecule has 33 heavy (non-hydrogen) atoms. The number of ether oxygens (including phenoxy) is 2. The van der Waals surface area contributed by atoms with Crippen LogP contribution in [0.15, 0.2) is 78.6 Å². The molecule has 6 heteroatoms. The monoisotopic (exact) mass is 436 g/mol. The number of methoxy groups -OCH3 is 1. The minimum atomic E-state index is -0.280. The highest BCUT2D eigenvalue weighted by Gasteiger charge is 2.41. The van der Waals surface area contributed by atoms with Crippen molar-refractivity contribution in [3.63, 3.8) is 0 Å². The summed E-state index contributed by atoms with van der Waals surface area (Å²) < 4.78 is 14.1. The number of rotatable bonds is 3. The van der Waals surface area contributed by atoms with Crippen LogP contribution >= 0.6 is 0 Å². The molecule has 2 atom stereocenters. The van der Waals surface area contributed by atoms with Crippen molar-refractivity contribution in [2.75, 3.05) is 12.4 Å². The normalized spacial score (nSPS) is 18.5. The molecule has 164 valence electrons. The van der Waals surface area contributed by atoms with Crippen LogP contribution in [0, 0.1) is 13.8 Å². The van der Waals surface area contributed by atoms with Crippen LogP contribution in [0.5, 0.6) is 11.5 Å². The number of hydrogen-bond donors (Lipinski definition) is 1. The van der Waals surface area contributed by atoms with E-state index < -0.39 is 0 Å². The zero-order valence-electron chi connectivity index (χ0n) is 18.7. The Morgan fingerprint density at radius 1 is 0.909 bits per heavy atom. The third kappa shape index (κ3) is 3.18. The first kappa shape index (κ1) is 19.6. The Balaban J connectivity index is 1.62. The van der Waals surface area contributed by atoms with E-state index in [-0.39, 0.29) is 12.1 Å². The molecule has 3 heterocycles. The molecule has 6 rings (SSSR count). The number of hydrogen-bond acceptors (Lipinski definition) is 5. The number of aromatic nitrogens is 3. The third-order valence-corrected chi connectivity index (χ3v) is 6.39. The molecule has 0 amide bonds. The van der Waals surface area contributed by atoms with E-state index >= 15 is 0 Å². The van der Waals surface area contributed by atoms with Gasteiger partial charge in [-0.05, 0) is 43.2 Å². The van der Waals surface area contributed by atoms with Gasteiger partial charge in [-0.15, -0.1) is 0 Å². The highest BCUT2D eigenvalue weighted by molar-refractivity contribution is 5.85. The molecule has 2 aliphatic heterocycles. The summed E-state index contributed by atoms with van der Waals surface area (Å²) in [4.78, 5) is 4.50. The van der Waals surface area contributed by atoms with E-state index in [9.17, 15) is 0 Å². The van der Waals surface area contributed by atoms with Gasteiger partial charge in [0.25, 0.3) is 0 Å². The highest BCUT2D eigenvalue weighted by Crippen LogP contribution is 2.51. The summed E-state index contributed by atoms with van der Waals surface area (Å²) in [5, 5.41) is 8.13. The van der Waals surface area contributed by atoms with Gasteiger partial charge in [0.1, 0.15) is 30.0 Å². The summed E-state index contributed by atoms with van der Waals surface area (Å²) in [6.07, 6.45) is 1.31. The van der Waals surface area contributed by atoms with Crippen LogP contribution in [0.4, 0.5) is 5.95 Å². The van der Waals surface area contributed by atoms with E-state index in [1.54, 1.807) is 13.4 Å². The van der Waals surface area contributed by atoms with Crippen molar-refractivity contribution >= 4 is 11.6 Å². The van der Waals surface area contributed by atoms with E-state index in [0.717, 1.165) is 39.5 Å². The minimum Gasteiger partial charge on any atom is -0.497 e. The van der Waals surface area contributed by atoms with Gasteiger partial charge in [-0.2, -0.15) is 10.1 Å². The summed E-state index contributed by atoms with van der Waals surface area (Å²) in [5.74, 6) is 2.29. The van der Waals surface area contributed by atoms with Crippen molar-refractivity contribution < 1.29 is 9.47 Å². The lowest BCUT2D eigenvalue weighted by Crippen LogP contribution is -2.32. The SMILES string of the molecule is COc1ccc2c(c1)C1=C([C@H](c3ccc(C)cc3)O2)[C@H](c2ccc(C)cc2)n2ncnc2N1. The fourth-order valence-corrected chi connectivity index (χ4v) is 4.66. The molecule has 0 fully saturated rings. The van der Waals surface area contributed by atoms with Gasteiger partial charge in [-0.1, -0.05) is 59.7 Å². The number of nitrogens with one attached hydrogen (secondary N) is 1. The summed E-state index contributed by atoms with van der Waals surface area (Å²) in [6.45, 7) is 4.19. The zero-order valence-corrected chi connectivity index (χ0v) is 18.7. The van der Waals surface area contributed by atoms with Crippen molar-refractivity contribution in [3.05, 3.63) is 106 Å². The van der Waals surface area contributed by atoms with Crippen LogP contribution in [0.2, 0.25) is 0 Å². The molecule has 0 spiro atoms. The van der Waals surface area contributed by atoms with E-state index in [1.165, 1.54) is 11.1 Å². The van der Waals surface area contributed by atoms with E-state index in [4.69, 9.17) is 9.47 Å². The molecule has 1 N–H and O–H groups in total. The van der Waals surface area contributed by atoms with Crippen molar-refractivity contribution in [3.8, 4) is 11.5 Å². The molecule has 0 radical (unpaired) electrons. The molecular formula is C27H24N4O2. The lowest BCUT2D eigenvalue weighted by Gasteiger charge is -2.39. The predicted octanol–water partition coefficient (Wildman–Crippen LogP) is 5.46. The van der Waals surface area contributed by atoms with Gasteiger partial charge in [0.15, 0.2) is 0 Å². The second-order valence-electron chi connectivity index (χ2n) is 8.57. The molecule has 4 aromatic rings. The summed E-state index contributed by atoms with van der Waals surface area (Å²) in [7, 11) is 1.68. The van der Waals surface area contributed by atoms with Crippen LogP contribution in [-0.2, 0) is 0 Å². The van der Waals surface area contributed by atoms with Crippen LogP contribution in [0.25, 0.3) is 5.70 Å². The lowest BCUT2D eigenvalue weighted by atomic mass is 9.84. The Kier molecular flexibility index (Phi) is 4.47. The van der Waals surface area contributed by atoms with Gasteiger partial charge >= 0.3 is 0 Å². The van der Waals surface area contributed by atoms with Crippen molar-refractivity contribution in [1.29, 1.82) is 0 Å². The maximum Gasteiger partial charge on any atom is 0.226 e. The molecule has 0 saturated carbocycles. The second kappa shape index (κ2) is 7.52. The second-order valence-corrected chi connectivity index (χ2v) is 8.57. The first-order valence-corrected chi connectivity index (χ1v) is 11.0. The topological polar surface area (TPSA) is 61.2 Å². The van der Waals surface area contributed by atoms with Crippen LogP contribution in [0.3, 0.4) is 0 Å². The van der Waals surface area contributed by atoms with Crippen LogP contribution in [0.1, 0.15) is 40.0 Å². The average Bonchev–Trinajstić information content (AvgIpc) is 3.31. The number of anilines is 1. The Hall–Kier alpha value is -4.06. The fourth-order valence-electron chi connectivity index (χ4n) is 4.66. The van der Waals surface area contributed by atoms with Crippen molar-refractivity contribution in [2.24, 2.45) is 0 Å². The minimum absolute atomic E-state index is 0.162. The highest BCUT2D eigenvalue weighted by atomic mass is 16.5. The molecular weight excluding hydrogens is 412 g/mol. The smallest absolute Gasteiger partial charge is 0.226 e. The zero-order chi connectivity index (χ0) is 22.5. The maximum absolute atomic E-state index is 6.68. The molecule has 3 aromatic carbocycles. The number of fused-ring (bicyclic) bond motifs is 3. The van der Waals surface area contributed by atoms with Gasteiger partial charge in [-0.3, -0.25) is 0 Å². The molecule has 0 unspecified atom stereocenters. The average molecular weight is 437 g/mol. The van der Waals surface area contributed by atoms with E-state index in [2.05, 4.69) is 77.8 Å². The molecule has 0 saturated heterocycles. The van der Waals surface area contributed by atoms with Crippen molar-refractivity contribution in [1.82, 2.24) is 14.8 Å². The fraction of sp³-hybridized carbons (Fsp3) is 0.185. The van der Waals surface area contributed by atoms with Gasteiger partial charge in [-0.25, -0.2) is 4.68 Å². The van der Waals surface area contributed by atoms with E-state index in [1.807, 2.05) is 22.9 Å². The molecule has 0 aliphatic carbocycles. The summed E-state index contributed by atoms with van der Waals surface area (Å²) in [6, 6.07) is 22.9. The molecule has 1 aromatic heterocycles. The lowest BCUT2D eigenvalue weighted by molar-refractivity contribution is 0.222. The van der Waals surface area contributed by atoms with Crippen LogP contribution in [-0.4, -0.2) is 21.9 Å². The molecule has 2 aliphatic rings. The number of aryl methyl sites for hydroxylation is 2. The third-order valence-electron chi connectivity index (χ3n) is 6.39. The van der Waals surface area contributed by atoms with Crippen molar-refractivity contribution in [2.45, 2.75) is 26.0 Å². The van der Waals surface area contributed by atoms with Gasteiger partial charge in [0, 0.05) is 11.1 Å². The largest absolute Gasteiger partial charge is 0.497 e. The van der Waals surface area contributed by atoms with Gasteiger partial charge in [0.05, 0.1) is 12.8 Å². The predicted molar refractivity (Wildman–Crippen MR) is 127 cm³/mol. The number of nitrogens with zero attached hydrogens (tertiary/aromatic N) is 3. The first-order valence-electron chi connectivity index (χ1n) is 11.0. The standard InChI is InChI=1S/C27H24N4O2/c1-16-4-8-18(9-5-16)25-23-24(30-27-28-15-29-31(25)27)21-14-20(32-3)12-13-22(21)33-26(23)19-10-6-17(2)7-11-19/h4-15,25-26H,1-3H3,(H,28,29,30)/t25-,26-/m0/s1. The summed E-state index contributed by atoms with van der Waals surface area (Å²) >= 11 is 0.